The predicted octanol–water partition coefficient (Wildman–Crippen LogP) is 4.83. The Morgan fingerprint density at radius 3 is 2.55 bits per heavy atom. The third kappa shape index (κ3) is 5.73. The number of nitrogens with two attached hydrogens (primary N) is 1. The molecule has 1 saturated carbocycles. The summed E-state index contributed by atoms with van der Waals surface area (Å²) in [6.45, 7) is 1.84. The molecule has 154 valence electrons. The number of nitrogen functional groups attached to an aromatic ring is 1. The smallest absolute Gasteiger partial charge is 0.256 e. The van der Waals surface area contributed by atoms with Gasteiger partial charge in [0.15, 0.2) is 0 Å². The van der Waals surface area contributed by atoms with Crippen LogP contribution in [0.2, 0.25) is 0 Å². The fourth-order valence-corrected chi connectivity index (χ4v) is 3.83. The molecular formula is C23H29N3O3. The second-order valence-corrected chi connectivity index (χ2v) is 7.85. The van der Waals surface area contributed by atoms with E-state index in [1.165, 1.54) is 44.2 Å². The van der Waals surface area contributed by atoms with Crippen LogP contribution in [0.4, 0.5) is 17.1 Å². The summed E-state index contributed by atoms with van der Waals surface area (Å²) in [6.07, 6.45) is 7.73. The van der Waals surface area contributed by atoms with Crippen molar-refractivity contribution in [2.24, 2.45) is 5.92 Å². The number of amides is 2. The van der Waals surface area contributed by atoms with E-state index in [2.05, 4.69) is 10.6 Å². The van der Waals surface area contributed by atoms with Gasteiger partial charge < -0.3 is 21.5 Å². The quantitative estimate of drug-likeness (QED) is 0.415. The minimum atomic E-state index is -0.321. The molecule has 1 aliphatic carbocycles. The average Bonchev–Trinajstić information content (AvgIpc) is 2.70. The topological polar surface area (TPSA) is 104 Å². The number of benzene rings is 2. The van der Waals surface area contributed by atoms with Crippen LogP contribution in [0, 0.1) is 12.8 Å². The number of hydrogen-bond donors (Lipinski definition) is 4. The van der Waals surface area contributed by atoms with Crippen molar-refractivity contribution in [3.8, 4) is 5.75 Å². The Balaban J connectivity index is 1.62. The minimum Gasteiger partial charge on any atom is -0.508 e. The highest BCUT2D eigenvalue weighted by atomic mass is 16.3. The number of nitrogens with one attached hydrogen (secondary N) is 2. The Hall–Kier alpha value is -3.02. The molecule has 29 heavy (non-hydrogen) atoms. The van der Waals surface area contributed by atoms with Crippen LogP contribution in [0.15, 0.2) is 36.4 Å². The predicted molar refractivity (Wildman–Crippen MR) is 116 cm³/mol. The van der Waals surface area contributed by atoms with Crippen molar-refractivity contribution in [2.75, 3.05) is 16.4 Å². The van der Waals surface area contributed by atoms with Gasteiger partial charge in [0, 0.05) is 23.7 Å². The van der Waals surface area contributed by atoms with Crippen LogP contribution >= 0.6 is 0 Å². The molecule has 0 heterocycles. The van der Waals surface area contributed by atoms with E-state index in [1.807, 2.05) is 13.0 Å². The molecule has 5 N–H and O–H groups in total. The Bertz CT molecular complexity index is 889. The van der Waals surface area contributed by atoms with Gasteiger partial charge in [-0.15, -0.1) is 0 Å². The molecule has 0 atom stereocenters. The standard InChI is InChI=1S/C23H29N3O3/c1-15-7-9-17(25-22(28)12-8-16-5-3-2-4-6-16)13-19(15)23(29)26-21-11-10-18(27)14-20(21)24/h7,9-11,13-14,16,27H,2-6,8,12,24H2,1H3,(H,25,28)(H,26,29). The summed E-state index contributed by atoms with van der Waals surface area (Å²) in [4.78, 5) is 25.0. The van der Waals surface area contributed by atoms with Gasteiger partial charge in [-0.2, -0.15) is 0 Å². The highest BCUT2D eigenvalue weighted by Gasteiger charge is 2.16. The molecule has 0 saturated heterocycles. The lowest BCUT2D eigenvalue weighted by atomic mass is 9.86. The largest absolute Gasteiger partial charge is 0.508 e. The van der Waals surface area contributed by atoms with E-state index in [-0.39, 0.29) is 23.3 Å². The second kappa shape index (κ2) is 9.45. The summed E-state index contributed by atoms with van der Waals surface area (Å²) in [6, 6.07) is 9.69. The van der Waals surface area contributed by atoms with E-state index < -0.39 is 0 Å². The van der Waals surface area contributed by atoms with Crippen LogP contribution in [0.3, 0.4) is 0 Å². The summed E-state index contributed by atoms with van der Waals surface area (Å²) >= 11 is 0. The second-order valence-electron chi connectivity index (χ2n) is 7.85. The molecule has 0 spiro atoms. The molecule has 3 rings (SSSR count). The van der Waals surface area contributed by atoms with Gasteiger partial charge in [-0.25, -0.2) is 0 Å². The van der Waals surface area contributed by atoms with Gasteiger partial charge in [0.25, 0.3) is 5.91 Å². The lowest BCUT2D eigenvalue weighted by molar-refractivity contribution is -0.116. The summed E-state index contributed by atoms with van der Waals surface area (Å²) in [5.74, 6) is 0.353. The summed E-state index contributed by atoms with van der Waals surface area (Å²) < 4.78 is 0. The van der Waals surface area contributed by atoms with Crippen molar-refractivity contribution in [3.63, 3.8) is 0 Å². The molecule has 6 heteroatoms. The van der Waals surface area contributed by atoms with E-state index in [9.17, 15) is 14.7 Å². The van der Waals surface area contributed by atoms with Crippen molar-refractivity contribution in [1.29, 1.82) is 0 Å². The van der Waals surface area contributed by atoms with E-state index in [0.717, 1.165) is 12.0 Å². The van der Waals surface area contributed by atoms with Crippen molar-refractivity contribution >= 4 is 28.9 Å². The zero-order chi connectivity index (χ0) is 20.8. The normalized spacial score (nSPS) is 14.4. The highest BCUT2D eigenvalue weighted by molar-refractivity contribution is 6.07. The fourth-order valence-electron chi connectivity index (χ4n) is 3.83. The summed E-state index contributed by atoms with van der Waals surface area (Å²) in [5, 5.41) is 15.1. The van der Waals surface area contributed by atoms with Crippen LogP contribution in [-0.4, -0.2) is 16.9 Å². The van der Waals surface area contributed by atoms with Gasteiger partial charge >= 0.3 is 0 Å². The Kier molecular flexibility index (Phi) is 6.75. The minimum absolute atomic E-state index is 0.0198. The molecule has 1 fully saturated rings. The number of phenols is 1. The van der Waals surface area contributed by atoms with Crippen LogP contribution in [0.5, 0.6) is 5.75 Å². The number of rotatable bonds is 6. The van der Waals surface area contributed by atoms with Gasteiger partial charge in [0.2, 0.25) is 5.91 Å². The first-order valence-corrected chi connectivity index (χ1v) is 10.2. The van der Waals surface area contributed by atoms with E-state index in [4.69, 9.17) is 5.73 Å². The van der Waals surface area contributed by atoms with Gasteiger partial charge in [-0.05, 0) is 49.1 Å². The molecule has 2 aromatic carbocycles. The number of aryl methyl sites for hydroxylation is 1. The number of phenolic OH excluding ortho intramolecular Hbond substituents is 1. The van der Waals surface area contributed by atoms with Crippen LogP contribution in [0.25, 0.3) is 0 Å². The first kappa shape index (κ1) is 20.7. The van der Waals surface area contributed by atoms with Crippen LogP contribution < -0.4 is 16.4 Å². The maximum atomic E-state index is 12.7. The van der Waals surface area contributed by atoms with Crippen molar-refractivity contribution < 1.29 is 14.7 Å². The highest BCUT2D eigenvalue weighted by Crippen LogP contribution is 2.28. The van der Waals surface area contributed by atoms with Gasteiger partial charge in [0.05, 0.1) is 11.4 Å². The number of carbonyl (C=O) groups excluding carboxylic acids is 2. The third-order valence-corrected chi connectivity index (χ3v) is 5.55. The lowest BCUT2D eigenvalue weighted by Gasteiger charge is -2.21. The van der Waals surface area contributed by atoms with Crippen molar-refractivity contribution in [3.05, 3.63) is 47.5 Å². The fraction of sp³-hybridized carbons (Fsp3) is 0.391. The van der Waals surface area contributed by atoms with Crippen molar-refractivity contribution in [1.82, 2.24) is 0 Å². The molecule has 2 amide bonds. The number of hydrogen-bond acceptors (Lipinski definition) is 4. The Morgan fingerprint density at radius 2 is 1.83 bits per heavy atom. The Morgan fingerprint density at radius 1 is 1.07 bits per heavy atom. The van der Waals surface area contributed by atoms with Gasteiger partial charge in [-0.1, -0.05) is 38.2 Å². The maximum absolute atomic E-state index is 12.7. The maximum Gasteiger partial charge on any atom is 0.256 e. The Labute approximate surface area is 171 Å². The van der Waals surface area contributed by atoms with Crippen LogP contribution in [-0.2, 0) is 4.79 Å². The number of carbonyl (C=O) groups is 2. The first-order chi connectivity index (χ1) is 13.9. The van der Waals surface area contributed by atoms with E-state index in [0.29, 0.717) is 29.3 Å². The van der Waals surface area contributed by atoms with E-state index in [1.54, 1.807) is 18.2 Å². The van der Waals surface area contributed by atoms with E-state index >= 15 is 0 Å². The first-order valence-electron chi connectivity index (χ1n) is 10.2. The zero-order valence-electron chi connectivity index (χ0n) is 16.8. The summed E-state index contributed by atoms with van der Waals surface area (Å²) in [7, 11) is 0. The molecule has 0 aromatic heterocycles. The van der Waals surface area contributed by atoms with Crippen molar-refractivity contribution in [2.45, 2.75) is 51.9 Å². The molecule has 0 bridgehead atoms. The zero-order valence-corrected chi connectivity index (χ0v) is 16.8. The van der Waals surface area contributed by atoms with Crippen LogP contribution in [0.1, 0.15) is 60.9 Å². The van der Waals surface area contributed by atoms with Gasteiger partial charge in [-0.3, -0.25) is 9.59 Å². The number of aromatic hydroxyl groups is 1. The number of anilines is 3. The monoisotopic (exact) mass is 395 g/mol. The third-order valence-electron chi connectivity index (χ3n) is 5.55. The summed E-state index contributed by atoms with van der Waals surface area (Å²) in [5.41, 5.74) is 8.41. The molecular weight excluding hydrogens is 366 g/mol. The molecule has 1 aliphatic rings. The molecule has 2 aromatic rings. The molecule has 0 aliphatic heterocycles. The molecule has 6 nitrogen and oxygen atoms in total. The van der Waals surface area contributed by atoms with Gasteiger partial charge in [0.1, 0.15) is 5.75 Å². The lowest BCUT2D eigenvalue weighted by Crippen LogP contribution is -2.17. The SMILES string of the molecule is Cc1ccc(NC(=O)CCC2CCCCC2)cc1C(=O)Nc1ccc(O)cc1N. The molecule has 0 unspecified atom stereocenters. The molecule has 0 radical (unpaired) electrons. The average molecular weight is 396 g/mol.